The number of nitrogens with one attached hydrogen (secondary N) is 2. The molecule has 0 radical (unpaired) electrons. The zero-order valence-corrected chi connectivity index (χ0v) is 17.6. The van der Waals surface area contributed by atoms with Gasteiger partial charge in [0.2, 0.25) is 0 Å². The van der Waals surface area contributed by atoms with Crippen LogP contribution in [0.15, 0.2) is 23.3 Å². The number of anilines is 1. The fourth-order valence-electron chi connectivity index (χ4n) is 3.55. The molecular formula is C20H34N6S. The molecule has 2 aliphatic rings. The van der Waals surface area contributed by atoms with Gasteiger partial charge in [0.05, 0.1) is 6.54 Å². The molecule has 3 rings (SSSR count). The number of aromatic nitrogens is 1. The minimum Gasteiger partial charge on any atom is -0.357 e. The smallest absolute Gasteiger partial charge is 0.191 e. The Morgan fingerprint density at radius 3 is 2.81 bits per heavy atom. The summed E-state index contributed by atoms with van der Waals surface area (Å²) in [5.74, 6) is 3.30. The second-order valence-electron chi connectivity index (χ2n) is 7.15. The van der Waals surface area contributed by atoms with Crippen molar-refractivity contribution in [1.82, 2.24) is 20.5 Å². The molecule has 7 heteroatoms. The van der Waals surface area contributed by atoms with E-state index >= 15 is 0 Å². The van der Waals surface area contributed by atoms with Crippen LogP contribution < -0.4 is 15.5 Å². The van der Waals surface area contributed by atoms with Gasteiger partial charge in [0.1, 0.15) is 5.82 Å². The van der Waals surface area contributed by atoms with Crippen molar-refractivity contribution in [1.29, 1.82) is 0 Å². The van der Waals surface area contributed by atoms with Crippen molar-refractivity contribution >= 4 is 23.5 Å². The quantitative estimate of drug-likeness (QED) is 0.550. The molecular weight excluding hydrogens is 356 g/mol. The van der Waals surface area contributed by atoms with Gasteiger partial charge in [0, 0.05) is 50.7 Å². The lowest BCUT2D eigenvalue weighted by Crippen LogP contribution is -2.46. The van der Waals surface area contributed by atoms with Crippen LogP contribution in [0.1, 0.15) is 32.3 Å². The zero-order chi connectivity index (χ0) is 18.9. The van der Waals surface area contributed by atoms with E-state index in [0.717, 1.165) is 62.8 Å². The first-order valence-corrected chi connectivity index (χ1v) is 11.4. The Morgan fingerprint density at radius 1 is 1.26 bits per heavy atom. The lowest BCUT2D eigenvalue weighted by Gasteiger charge is -2.34. The number of hydrogen-bond acceptors (Lipinski definition) is 5. The number of aliphatic imine (C=N–C) groups is 1. The molecule has 0 amide bonds. The fourth-order valence-corrected chi connectivity index (χ4v) is 4.75. The largest absolute Gasteiger partial charge is 0.357 e. The van der Waals surface area contributed by atoms with E-state index in [2.05, 4.69) is 63.2 Å². The highest BCUT2D eigenvalue weighted by Gasteiger charge is 2.17. The van der Waals surface area contributed by atoms with Gasteiger partial charge >= 0.3 is 0 Å². The van der Waals surface area contributed by atoms with Crippen molar-refractivity contribution in [2.45, 2.75) is 38.5 Å². The Bertz CT molecular complexity index is 594. The van der Waals surface area contributed by atoms with Crippen molar-refractivity contribution in [3.05, 3.63) is 23.9 Å². The summed E-state index contributed by atoms with van der Waals surface area (Å²) in [5, 5.41) is 7.60. The van der Waals surface area contributed by atoms with Gasteiger partial charge in [-0.25, -0.2) is 9.98 Å². The Kier molecular flexibility index (Phi) is 8.08. The van der Waals surface area contributed by atoms with Gasteiger partial charge in [-0.2, -0.15) is 11.8 Å². The molecule has 3 heterocycles. The molecule has 1 unspecified atom stereocenters. The molecule has 0 spiro atoms. The first-order chi connectivity index (χ1) is 13.3. The number of guanidine groups is 1. The first-order valence-electron chi connectivity index (χ1n) is 10.3. The van der Waals surface area contributed by atoms with Crippen molar-refractivity contribution in [3.63, 3.8) is 0 Å². The molecule has 1 aromatic heterocycles. The predicted molar refractivity (Wildman–Crippen MR) is 117 cm³/mol. The monoisotopic (exact) mass is 390 g/mol. The normalized spacial score (nSPS) is 21.5. The molecule has 2 saturated heterocycles. The summed E-state index contributed by atoms with van der Waals surface area (Å²) < 4.78 is 0. The number of thioether (sulfide) groups is 1. The fraction of sp³-hybridized carbons (Fsp3) is 0.700. The van der Waals surface area contributed by atoms with E-state index in [1.165, 1.54) is 24.2 Å². The molecule has 2 aliphatic heterocycles. The third-order valence-corrected chi connectivity index (χ3v) is 6.64. The summed E-state index contributed by atoms with van der Waals surface area (Å²) in [6, 6.07) is 4.27. The van der Waals surface area contributed by atoms with Gasteiger partial charge in [-0.3, -0.25) is 0 Å². The van der Waals surface area contributed by atoms with Gasteiger partial charge in [-0.05, 0) is 49.8 Å². The van der Waals surface area contributed by atoms with Gasteiger partial charge in [0.15, 0.2) is 5.96 Å². The van der Waals surface area contributed by atoms with E-state index in [0.29, 0.717) is 6.54 Å². The van der Waals surface area contributed by atoms with Gasteiger partial charge in [-0.1, -0.05) is 6.92 Å². The second-order valence-corrected chi connectivity index (χ2v) is 8.56. The van der Waals surface area contributed by atoms with Crippen LogP contribution in [-0.2, 0) is 6.54 Å². The molecule has 150 valence electrons. The lowest BCUT2D eigenvalue weighted by molar-refractivity contribution is 0.270. The molecule has 0 bridgehead atoms. The van der Waals surface area contributed by atoms with E-state index in [4.69, 9.17) is 4.99 Å². The van der Waals surface area contributed by atoms with Crippen molar-refractivity contribution < 1.29 is 0 Å². The molecule has 2 N–H and O–H groups in total. The van der Waals surface area contributed by atoms with E-state index < -0.39 is 0 Å². The van der Waals surface area contributed by atoms with Crippen molar-refractivity contribution in [2.24, 2.45) is 4.99 Å². The van der Waals surface area contributed by atoms with Crippen LogP contribution in [0.2, 0.25) is 0 Å². The summed E-state index contributed by atoms with van der Waals surface area (Å²) in [6.07, 6.45) is 4.58. The van der Waals surface area contributed by atoms with E-state index in [-0.39, 0.29) is 0 Å². The van der Waals surface area contributed by atoms with Crippen LogP contribution in [0.5, 0.6) is 0 Å². The minimum atomic E-state index is 0.678. The number of pyridine rings is 1. The Morgan fingerprint density at radius 2 is 2.11 bits per heavy atom. The lowest BCUT2D eigenvalue weighted by atomic mass is 10.2. The molecule has 1 aromatic rings. The van der Waals surface area contributed by atoms with Crippen LogP contribution in [-0.4, -0.2) is 72.7 Å². The Hall–Kier alpha value is -1.47. The summed E-state index contributed by atoms with van der Waals surface area (Å²) in [4.78, 5) is 14.3. The van der Waals surface area contributed by atoms with Crippen LogP contribution in [0.25, 0.3) is 0 Å². The van der Waals surface area contributed by atoms with Gasteiger partial charge in [-0.15, -0.1) is 0 Å². The third-order valence-electron chi connectivity index (χ3n) is 5.24. The first kappa shape index (κ1) is 20.3. The summed E-state index contributed by atoms with van der Waals surface area (Å²) in [5.41, 5.74) is 1.21. The average Bonchev–Trinajstić information content (AvgIpc) is 3.24. The summed E-state index contributed by atoms with van der Waals surface area (Å²) in [6.45, 7) is 12.4. The number of hydrogen-bond donors (Lipinski definition) is 2. The molecule has 0 aliphatic carbocycles. The average molecular weight is 391 g/mol. The highest BCUT2D eigenvalue weighted by molar-refractivity contribution is 8.00. The van der Waals surface area contributed by atoms with Crippen LogP contribution >= 0.6 is 11.8 Å². The second kappa shape index (κ2) is 10.8. The van der Waals surface area contributed by atoms with Gasteiger partial charge in [0.25, 0.3) is 0 Å². The minimum absolute atomic E-state index is 0.678. The van der Waals surface area contributed by atoms with E-state index in [9.17, 15) is 0 Å². The maximum absolute atomic E-state index is 4.79. The molecule has 2 fully saturated rings. The van der Waals surface area contributed by atoms with E-state index in [1.807, 2.05) is 6.20 Å². The highest BCUT2D eigenvalue weighted by Crippen LogP contribution is 2.25. The standard InChI is InChI=1S/C20H34N6S/c1-3-21-20(24-16-18-6-5-13-27-18)23-15-17-7-8-22-19(14-17)26-11-9-25(4-2)10-12-26/h7-8,14,18H,3-6,9-13,15-16H2,1-2H3,(H2,21,23,24). The summed E-state index contributed by atoms with van der Waals surface area (Å²) >= 11 is 2.07. The Labute approximate surface area is 168 Å². The van der Waals surface area contributed by atoms with Crippen molar-refractivity contribution in [3.8, 4) is 0 Å². The third kappa shape index (κ3) is 6.28. The number of nitrogens with zero attached hydrogens (tertiary/aromatic N) is 4. The van der Waals surface area contributed by atoms with Crippen LogP contribution in [0.4, 0.5) is 5.82 Å². The highest BCUT2D eigenvalue weighted by atomic mass is 32.2. The van der Waals surface area contributed by atoms with E-state index in [1.54, 1.807) is 0 Å². The molecule has 0 saturated carbocycles. The molecule has 6 nitrogen and oxygen atoms in total. The maximum Gasteiger partial charge on any atom is 0.191 e. The van der Waals surface area contributed by atoms with Gasteiger partial charge < -0.3 is 20.4 Å². The molecule has 1 atom stereocenters. The molecule has 0 aromatic carbocycles. The molecule has 27 heavy (non-hydrogen) atoms. The number of piperazine rings is 1. The van der Waals surface area contributed by atoms with Crippen LogP contribution in [0, 0.1) is 0 Å². The van der Waals surface area contributed by atoms with Crippen LogP contribution in [0.3, 0.4) is 0 Å². The predicted octanol–water partition coefficient (Wildman–Crippen LogP) is 2.17. The topological polar surface area (TPSA) is 55.8 Å². The van der Waals surface area contributed by atoms with Crippen molar-refractivity contribution in [2.75, 3.05) is 56.5 Å². The number of likely N-dealkylation sites (N-methyl/N-ethyl adjacent to an activating group) is 1. The summed E-state index contributed by atoms with van der Waals surface area (Å²) in [7, 11) is 0. The number of rotatable bonds is 7. The SMILES string of the molecule is CCNC(=NCc1ccnc(N2CCN(CC)CC2)c1)NCC1CCCS1. The zero-order valence-electron chi connectivity index (χ0n) is 16.8. The maximum atomic E-state index is 4.79. The Balaban J connectivity index is 1.55.